The molecule has 0 spiro atoms. The SMILES string of the molecule is Cc1ccc(C(CNC(C)C)Cc2ccc(Br)cn2)cc1. The number of benzene rings is 1. The summed E-state index contributed by atoms with van der Waals surface area (Å²) >= 11 is 3.44. The van der Waals surface area contributed by atoms with Gasteiger partial charge in [0.2, 0.25) is 0 Å². The summed E-state index contributed by atoms with van der Waals surface area (Å²) in [7, 11) is 0. The highest BCUT2D eigenvalue weighted by atomic mass is 79.9. The second-order valence-corrected chi connectivity index (χ2v) is 6.76. The molecule has 0 aliphatic heterocycles. The molecule has 0 fully saturated rings. The van der Waals surface area contributed by atoms with Gasteiger partial charge in [0.15, 0.2) is 0 Å². The third-order valence-electron chi connectivity index (χ3n) is 3.57. The summed E-state index contributed by atoms with van der Waals surface area (Å²) in [4.78, 5) is 4.51. The van der Waals surface area contributed by atoms with Crippen LogP contribution in [0, 0.1) is 6.92 Å². The van der Waals surface area contributed by atoms with Gasteiger partial charge in [-0.1, -0.05) is 43.7 Å². The minimum absolute atomic E-state index is 0.446. The zero-order valence-electron chi connectivity index (χ0n) is 12.9. The van der Waals surface area contributed by atoms with Crippen LogP contribution >= 0.6 is 15.9 Å². The minimum atomic E-state index is 0.446. The van der Waals surface area contributed by atoms with E-state index in [0.29, 0.717) is 12.0 Å². The first kappa shape index (κ1) is 16.2. The van der Waals surface area contributed by atoms with Gasteiger partial charge < -0.3 is 5.32 Å². The number of aromatic nitrogens is 1. The Morgan fingerprint density at radius 1 is 1.10 bits per heavy atom. The number of pyridine rings is 1. The largest absolute Gasteiger partial charge is 0.314 e. The fourth-order valence-corrected chi connectivity index (χ4v) is 2.54. The third kappa shape index (κ3) is 5.25. The molecule has 1 unspecified atom stereocenters. The van der Waals surface area contributed by atoms with Gasteiger partial charge in [-0.15, -0.1) is 0 Å². The van der Waals surface area contributed by atoms with Crippen molar-refractivity contribution in [2.45, 2.75) is 39.2 Å². The summed E-state index contributed by atoms with van der Waals surface area (Å²) in [5, 5.41) is 3.55. The van der Waals surface area contributed by atoms with Crippen molar-refractivity contribution >= 4 is 15.9 Å². The summed E-state index contributed by atoms with van der Waals surface area (Å²) in [6.07, 6.45) is 2.83. The second-order valence-electron chi connectivity index (χ2n) is 5.84. The summed E-state index contributed by atoms with van der Waals surface area (Å²) in [5.74, 6) is 0.446. The highest BCUT2D eigenvalue weighted by Crippen LogP contribution is 2.21. The van der Waals surface area contributed by atoms with Crippen LogP contribution in [0.1, 0.15) is 36.6 Å². The van der Waals surface area contributed by atoms with Crippen LogP contribution in [0.4, 0.5) is 0 Å². The van der Waals surface area contributed by atoms with Gasteiger partial charge in [-0.25, -0.2) is 0 Å². The zero-order valence-corrected chi connectivity index (χ0v) is 14.5. The van der Waals surface area contributed by atoms with Crippen molar-refractivity contribution in [1.82, 2.24) is 10.3 Å². The van der Waals surface area contributed by atoms with Crippen molar-refractivity contribution in [3.63, 3.8) is 0 Å². The molecule has 112 valence electrons. The summed E-state index contributed by atoms with van der Waals surface area (Å²) < 4.78 is 1.03. The smallest absolute Gasteiger partial charge is 0.0413 e. The molecule has 1 aromatic carbocycles. The van der Waals surface area contributed by atoms with Crippen molar-refractivity contribution in [1.29, 1.82) is 0 Å². The van der Waals surface area contributed by atoms with Crippen molar-refractivity contribution in [3.8, 4) is 0 Å². The maximum Gasteiger partial charge on any atom is 0.0413 e. The van der Waals surface area contributed by atoms with E-state index >= 15 is 0 Å². The van der Waals surface area contributed by atoms with E-state index in [0.717, 1.165) is 23.1 Å². The highest BCUT2D eigenvalue weighted by Gasteiger charge is 2.13. The molecule has 0 bridgehead atoms. The van der Waals surface area contributed by atoms with Crippen LogP contribution in [0.15, 0.2) is 47.1 Å². The quantitative estimate of drug-likeness (QED) is 0.834. The van der Waals surface area contributed by atoms with Crippen molar-refractivity contribution in [3.05, 3.63) is 63.9 Å². The topological polar surface area (TPSA) is 24.9 Å². The number of rotatable bonds is 6. The molecular formula is C18H23BrN2. The zero-order chi connectivity index (χ0) is 15.2. The Labute approximate surface area is 136 Å². The van der Waals surface area contributed by atoms with Crippen LogP contribution in [0.25, 0.3) is 0 Å². The molecule has 2 nitrogen and oxygen atoms in total. The average molecular weight is 347 g/mol. The van der Waals surface area contributed by atoms with E-state index in [1.165, 1.54) is 11.1 Å². The number of halogens is 1. The van der Waals surface area contributed by atoms with Crippen molar-refractivity contribution in [2.24, 2.45) is 0 Å². The molecular weight excluding hydrogens is 324 g/mol. The average Bonchev–Trinajstić information content (AvgIpc) is 2.46. The Balaban J connectivity index is 2.14. The lowest BCUT2D eigenvalue weighted by Crippen LogP contribution is -2.29. The molecule has 0 aliphatic rings. The van der Waals surface area contributed by atoms with Gasteiger partial charge in [0.1, 0.15) is 0 Å². The van der Waals surface area contributed by atoms with Gasteiger partial charge in [0.25, 0.3) is 0 Å². The standard InChI is InChI=1S/C18H23BrN2/c1-13(2)20-11-16(15-6-4-14(3)5-7-15)10-18-9-8-17(19)12-21-18/h4-9,12-13,16,20H,10-11H2,1-3H3. The Morgan fingerprint density at radius 2 is 1.81 bits per heavy atom. The molecule has 0 aliphatic carbocycles. The molecule has 21 heavy (non-hydrogen) atoms. The number of hydrogen-bond acceptors (Lipinski definition) is 2. The van der Waals surface area contributed by atoms with Crippen LogP contribution in [0.2, 0.25) is 0 Å². The van der Waals surface area contributed by atoms with E-state index in [4.69, 9.17) is 0 Å². The lowest BCUT2D eigenvalue weighted by molar-refractivity contribution is 0.524. The number of aryl methyl sites for hydroxylation is 1. The molecule has 1 aromatic heterocycles. The predicted octanol–water partition coefficient (Wildman–Crippen LogP) is 4.48. The molecule has 1 N–H and O–H groups in total. The molecule has 0 amide bonds. The Kier molecular flexibility index (Phi) is 5.95. The molecule has 0 saturated heterocycles. The first-order valence-corrected chi connectivity index (χ1v) is 8.24. The maximum atomic E-state index is 4.51. The predicted molar refractivity (Wildman–Crippen MR) is 92.7 cm³/mol. The minimum Gasteiger partial charge on any atom is -0.314 e. The molecule has 0 radical (unpaired) electrons. The molecule has 1 atom stereocenters. The highest BCUT2D eigenvalue weighted by molar-refractivity contribution is 9.10. The first-order chi connectivity index (χ1) is 10.0. The molecule has 0 saturated carbocycles. The number of nitrogens with zero attached hydrogens (tertiary/aromatic N) is 1. The van der Waals surface area contributed by atoms with E-state index < -0.39 is 0 Å². The van der Waals surface area contributed by atoms with Crippen LogP contribution < -0.4 is 5.32 Å². The van der Waals surface area contributed by atoms with E-state index in [1.807, 2.05) is 6.20 Å². The van der Waals surface area contributed by atoms with E-state index in [9.17, 15) is 0 Å². The molecule has 1 heterocycles. The Bertz CT molecular complexity index is 546. The Morgan fingerprint density at radius 3 is 2.38 bits per heavy atom. The summed E-state index contributed by atoms with van der Waals surface area (Å²) in [5.41, 5.74) is 3.81. The van der Waals surface area contributed by atoms with E-state index in [-0.39, 0.29) is 0 Å². The van der Waals surface area contributed by atoms with Crippen LogP contribution in [-0.4, -0.2) is 17.6 Å². The van der Waals surface area contributed by atoms with Crippen molar-refractivity contribution < 1.29 is 0 Å². The lowest BCUT2D eigenvalue weighted by atomic mass is 9.93. The van der Waals surface area contributed by atoms with E-state index in [2.05, 4.69) is 83.4 Å². The molecule has 2 aromatic rings. The fraction of sp³-hybridized carbons (Fsp3) is 0.389. The maximum absolute atomic E-state index is 4.51. The second kappa shape index (κ2) is 7.71. The van der Waals surface area contributed by atoms with Gasteiger partial charge in [-0.05, 0) is 47.0 Å². The Hall–Kier alpha value is -1.19. The van der Waals surface area contributed by atoms with Gasteiger partial charge >= 0.3 is 0 Å². The van der Waals surface area contributed by atoms with Gasteiger partial charge in [-0.3, -0.25) is 4.98 Å². The van der Waals surface area contributed by atoms with Gasteiger partial charge in [0.05, 0.1) is 0 Å². The number of hydrogen-bond donors (Lipinski definition) is 1. The van der Waals surface area contributed by atoms with Gasteiger partial charge in [0, 0.05) is 34.9 Å². The number of nitrogens with one attached hydrogen (secondary N) is 1. The molecule has 2 rings (SSSR count). The van der Waals surface area contributed by atoms with Crippen LogP contribution in [0.5, 0.6) is 0 Å². The fourth-order valence-electron chi connectivity index (χ4n) is 2.30. The molecule has 3 heteroatoms. The third-order valence-corrected chi connectivity index (χ3v) is 4.03. The summed E-state index contributed by atoms with van der Waals surface area (Å²) in [6.45, 7) is 7.47. The van der Waals surface area contributed by atoms with Crippen LogP contribution in [-0.2, 0) is 6.42 Å². The monoisotopic (exact) mass is 346 g/mol. The lowest BCUT2D eigenvalue weighted by Gasteiger charge is -2.20. The van der Waals surface area contributed by atoms with E-state index in [1.54, 1.807) is 0 Å². The van der Waals surface area contributed by atoms with Gasteiger partial charge in [-0.2, -0.15) is 0 Å². The van der Waals surface area contributed by atoms with Crippen LogP contribution in [0.3, 0.4) is 0 Å². The van der Waals surface area contributed by atoms with Crippen molar-refractivity contribution in [2.75, 3.05) is 6.54 Å². The summed E-state index contributed by atoms with van der Waals surface area (Å²) in [6, 6.07) is 13.5. The normalized spacial score (nSPS) is 12.6. The first-order valence-electron chi connectivity index (χ1n) is 7.45.